The van der Waals surface area contributed by atoms with E-state index in [1.807, 2.05) is 6.07 Å². The molecule has 0 bridgehead atoms. The zero-order valence-corrected chi connectivity index (χ0v) is 8.81. The lowest BCUT2D eigenvalue weighted by Crippen LogP contribution is -2.18. The zero-order valence-electron chi connectivity index (χ0n) is 8.81. The van der Waals surface area contributed by atoms with Gasteiger partial charge in [0.15, 0.2) is 0 Å². The number of nitrogens with two attached hydrogens (primary N) is 1. The Balaban J connectivity index is 1.92. The molecule has 5 heteroatoms. The van der Waals surface area contributed by atoms with Crippen LogP contribution in [0.15, 0.2) is 12.3 Å². The van der Waals surface area contributed by atoms with Crippen LogP contribution in [-0.4, -0.2) is 29.2 Å². The Morgan fingerprint density at radius 2 is 2.40 bits per heavy atom. The molecular formula is C10H16N4O. The number of anilines is 2. The summed E-state index contributed by atoms with van der Waals surface area (Å²) < 4.78 is 5.31. The van der Waals surface area contributed by atoms with Crippen molar-refractivity contribution < 1.29 is 4.74 Å². The topological polar surface area (TPSA) is 73.1 Å². The van der Waals surface area contributed by atoms with Gasteiger partial charge in [-0.15, -0.1) is 0 Å². The van der Waals surface area contributed by atoms with Crippen molar-refractivity contribution in [2.45, 2.75) is 31.4 Å². The maximum absolute atomic E-state index is 5.50. The van der Waals surface area contributed by atoms with E-state index in [0.717, 1.165) is 25.1 Å². The normalized spacial score (nSPS) is 25.4. The molecule has 0 amide bonds. The van der Waals surface area contributed by atoms with Crippen LogP contribution in [0.2, 0.25) is 0 Å². The SMILES string of the molecule is COC1CCC(Nc2ccnc(N)n2)C1. The van der Waals surface area contributed by atoms with Gasteiger partial charge in [-0.1, -0.05) is 0 Å². The van der Waals surface area contributed by atoms with Crippen LogP contribution in [0.25, 0.3) is 0 Å². The summed E-state index contributed by atoms with van der Waals surface area (Å²) in [4.78, 5) is 7.95. The lowest BCUT2D eigenvalue weighted by atomic mass is 10.2. The highest BCUT2D eigenvalue weighted by Gasteiger charge is 2.24. The molecule has 1 aliphatic carbocycles. The van der Waals surface area contributed by atoms with Gasteiger partial charge in [-0.25, -0.2) is 4.98 Å². The van der Waals surface area contributed by atoms with Crippen LogP contribution in [0.3, 0.4) is 0 Å². The van der Waals surface area contributed by atoms with Crippen LogP contribution in [0.4, 0.5) is 11.8 Å². The summed E-state index contributed by atoms with van der Waals surface area (Å²) in [6.07, 6.45) is 5.28. The quantitative estimate of drug-likeness (QED) is 0.776. The standard InChI is InChI=1S/C10H16N4O/c1-15-8-3-2-7(6-8)13-9-4-5-12-10(11)14-9/h4-5,7-8H,2-3,6H2,1H3,(H3,11,12,13,14). The Morgan fingerprint density at radius 3 is 3.07 bits per heavy atom. The number of nitrogens with zero attached hydrogens (tertiary/aromatic N) is 2. The average molecular weight is 208 g/mol. The number of nitrogens with one attached hydrogen (secondary N) is 1. The fourth-order valence-electron chi connectivity index (χ4n) is 1.95. The number of hydrogen-bond donors (Lipinski definition) is 2. The van der Waals surface area contributed by atoms with E-state index in [0.29, 0.717) is 18.1 Å². The van der Waals surface area contributed by atoms with E-state index in [2.05, 4.69) is 15.3 Å². The number of methoxy groups -OCH3 is 1. The summed E-state index contributed by atoms with van der Waals surface area (Å²) in [6, 6.07) is 2.26. The van der Waals surface area contributed by atoms with Gasteiger partial charge in [0.1, 0.15) is 5.82 Å². The molecule has 1 saturated carbocycles. The Hall–Kier alpha value is -1.36. The molecule has 0 spiro atoms. The van der Waals surface area contributed by atoms with Gasteiger partial charge in [-0.3, -0.25) is 0 Å². The summed E-state index contributed by atoms with van der Waals surface area (Å²) in [7, 11) is 1.76. The molecule has 1 heterocycles. The molecule has 1 fully saturated rings. The second kappa shape index (κ2) is 4.44. The minimum atomic E-state index is 0.307. The molecule has 1 aromatic heterocycles. The van der Waals surface area contributed by atoms with Gasteiger partial charge in [0.25, 0.3) is 0 Å². The van der Waals surface area contributed by atoms with Gasteiger partial charge < -0.3 is 15.8 Å². The van der Waals surface area contributed by atoms with Crippen molar-refractivity contribution in [3.05, 3.63) is 12.3 Å². The van der Waals surface area contributed by atoms with Crippen molar-refractivity contribution in [3.8, 4) is 0 Å². The molecule has 0 aliphatic heterocycles. The highest BCUT2D eigenvalue weighted by Crippen LogP contribution is 2.24. The largest absolute Gasteiger partial charge is 0.381 e. The van der Waals surface area contributed by atoms with E-state index in [1.165, 1.54) is 0 Å². The molecule has 1 aliphatic rings. The Bertz CT molecular complexity index is 331. The van der Waals surface area contributed by atoms with Crippen molar-refractivity contribution in [1.29, 1.82) is 0 Å². The fourth-order valence-corrected chi connectivity index (χ4v) is 1.95. The number of nitrogen functional groups attached to an aromatic ring is 1. The predicted octanol–water partition coefficient (Wildman–Crippen LogP) is 1.04. The molecule has 2 unspecified atom stereocenters. The molecule has 15 heavy (non-hydrogen) atoms. The second-order valence-electron chi connectivity index (χ2n) is 3.81. The van der Waals surface area contributed by atoms with E-state index in [9.17, 15) is 0 Å². The average Bonchev–Trinajstić information content (AvgIpc) is 2.65. The van der Waals surface area contributed by atoms with Crippen molar-refractivity contribution in [1.82, 2.24) is 9.97 Å². The number of ether oxygens (including phenoxy) is 1. The number of rotatable bonds is 3. The van der Waals surface area contributed by atoms with Crippen molar-refractivity contribution in [2.24, 2.45) is 0 Å². The van der Waals surface area contributed by atoms with Crippen molar-refractivity contribution >= 4 is 11.8 Å². The van der Waals surface area contributed by atoms with E-state index in [4.69, 9.17) is 10.5 Å². The van der Waals surface area contributed by atoms with Crippen LogP contribution in [0.1, 0.15) is 19.3 Å². The molecule has 82 valence electrons. The summed E-state index contributed by atoms with van der Waals surface area (Å²) in [5.41, 5.74) is 5.50. The van der Waals surface area contributed by atoms with E-state index < -0.39 is 0 Å². The van der Waals surface area contributed by atoms with E-state index >= 15 is 0 Å². The summed E-state index contributed by atoms with van der Waals surface area (Å²) in [5.74, 6) is 1.10. The molecule has 1 aromatic rings. The second-order valence-corrected chi connectivity index (χ2v) is 3.81. The highest BCUT2D eigenvalue weighted by atomic mass is 16.5. The highest BCUT2D eigenvalue weighted by molar-refractivity contribution is 5.38. The maximum atomic E-state index is 5.50. The third-order valence-corrected chi connectivity index (χ3v) is 2.74. The molecule has 2 rings (SSSR count). The minimum Gasteiger partial charge on any atom is -0.381 e. The van der Waals surface area contributed by atoms with E-state index in [1.54, 1.807) is 13.3 Å². The summed E-state index contributed by atoms with van der Waals surface area (Å²) in [5, 5.41) is 3.33. The first-order valence-electron chi connectivity index (χ1n) is 5.16. The molecule has 0 saturated heterocycles. The first kappa shape index (κ1) is 10.2. The van der Waals surface area contributed by atoms with Crippen LogP contribution in [-0.2, 0) is 4.74 Å². The van der Waals surface area contributed by atoms with Gasteiger partial charge >= 0.3 is 0 Å². The lowest BCUT2D eigenvalue weighted by Gasteiger charge is -2.13. The van der Waals surface area contributed by atoms with E-state index in [-0.39, 0.29) is 0 Å². The third-order valence-electron chi connectivity index (χ3n) is 2.74. The Kier molecular flexibility index (Phi) is 3.01. The van der Waals surface area contributed by atoms with Crippen molar-refractivity contribution in [3.63, 3.8) is 0 Å². The minimum absolute atomic E-state index is 0.307. The fraction of sp³-hybridized carbons (Fsp3) is 0.600. The maximum Gasteiger partial charge on any atom is 0.221 e. The summed E-state index contributed by atoms with van der Waals surface area (Å²) >= 11 is 0. The molecule has 0 aromatic carbocycles. The monoisotopic (exact) mass is 208 g/mol. The molecular weight excluding hydrogens is 192 g/mol. The number of hydrogen-bond acceptors (Lipinski definition) is 5. The molecule has 0 radical (unpaired) electrons. The van der Waals surface area contributed by atoms with Crippen LogP contribution < -0.4 is 11.1 Å². The van der Waals surface area contributed by atoms with Crippen LogP contribution >= 0.6 is 0 Å². The van der Waals surface area contributed by atoms with Crippen LogP contribution in [0.5, 0.6) is 0 Å². The summed E-state index contributed by atoms with van der Waals surface area (Å²) in [6.45, 7) is 0. The predicted molar refractivity (Wildman–Crippen MR) is 58.5 cm³/mol. The smallest absolute Gasteiger partial charge is 0.221 e. The molecule has 2 atom stereocenters. The zero-order chi connectivity index (χ0) is 10.7. The van der Waals surface area contributed by atoms with Crippen LogP contribution in [0, 0.1) is 0 Å². The Morgan fingerprint density at radius 1 is 1.53 bits per heavy atom. The Labute approximate surface area is 89.1 Å². The van der Waals surface area contributed by atoms with Gasteiger partial charge in [0, 0.05) is 19.3 Å². The number of aromatic nitrogens is 2. The van der Waals surface area contributed by atoms with Gasteiger partial charge in [0.05, 0.1) is 6.10 Å². The van der Waals surface area contributed by atoms with Gasteiger partial charge in [0.2, 0.25) is 5.95 Å². The van der Waals surface area contributed by atoms with Gasteiger partial charge in [-0.05, 0) is 25.3 Å². The van der Waals surface area contributed by atoms with Gasteiger partial charge in [-0.2, -0.15) is 4.98 Å². The first-order chi connectivity index (χ1) is 7.28. The first-order valence-corrected chi connectivity index (χ1v) is 5.16. The lowest BCUT2D eigenvalue weighted by molar-refractivity contribution is 0.108. The molecule has 5 nitrogen and oxygen atoms in total. The molecule has 3 N–H and O–H groups in total. The third kappa shape index (κ3) is 2.56. The van der Waals surface area contributed by atoms with Crippen molar-refractivity contribution in [2.75, 3.05) is 18.2 Å².